The quantitative estimate of drug-likeness (QED) is 0.617. The lowest BCUT2D eigenvalue weighted by molar-refractivity contribution is 0.259. The van der Waals surface area contributed by atoms with Gasteiger partial charge < -0.3 is 10.4 Å². The third-order valence-corrected chi connectivity index (χ3v) is 4.73. The van der Waals surface area contributed by atoms with Crippen molar-refractivity contribution >= 4 is 0 Å². The van der Waals surface area contributed by atoms with Crippen LogP contribution in [-0.2, 0) is 0 Å². The van der Waals surface area contributed by atoms with E-state index in [9.17, 15) is 0 Å². The van der Waals surface area contributed by atoms with Gasteiger partial charge in [-0.3, -0.25) is 0 Å². The number of rotatable bonds is 9. The molecule has 1 rings (SSSR count). The van der Waals surface area contributed by atoms with Crippen molar-refractivity contribution in [2.24, 2.45) is 11.8 Å². The normalized spacial score (nSPS) is 24.9. The topological polar surface area (TPSA) is 32.3 Å². The Bertz CT molecular complexity index is 196. The van der Waals surface area contributed by atoms with Crippen LogP contribution < -0.4 is 5.32 Å². The highest BCUT2D eigenvalue weighted by Gasteiger charge is 2.18. The fourth-order valence-corrected chi connectivity index (χ4v) is 3.32. The van der Waals surface area contributed by atoms with E-state index in [-0.39, 0.29) is 0 Å². The van der Waals surface area contributed by atoms with Crippen molar-refractivity contribution in [2.75, 3.05) is 19.7 Å². The molecule has 0 aromatic carbocycles. The second-order valence-corrected chi connectivity index (χ2v) is 6.41. The molecule has 2 atom stereocenters. The van der Waals surface area contributed by atoms with Crippen LogP contribution in [0.4, 0.5) is 0 Å². The van der Waals surface area contributed by atoms with Crippen molar-refractivity contribution in [3.05, 3.63) is 0 Å². The van der Waals surface area contributed by atoms with Gasteiger partial charge in [0.1, 0.15) is 0 Å². The molecule has 0 spiro atoms. The molecule has 114 valence electrons. The van der Waals surface area contributed by atoms with Crippen molar-refractivity contribution in [3.8, 4) is 0 Å². The van der Waals surface area contributed by atoms with Crippen LogP contribution in [0.25, 0.3) is 0 Å². The summed E-state index contributed by atoms with van der Waals surface area (Å²) in [5, 5.41) is 12.2. The monoisotopic (exact) mass is 269 g/mol. The Morgan fingerprint density at radius 2 is 1.58 bits per heavy atom. The number of unbranched alkanes of at least 4 members (excludes halogenated alkanes) is 2. The number of hydrogen-bond donors (Lipinski definition) is 2. The van der Waals surface area contributed by atoms with Gasteiger partial charge in [0.2, 0.25) is 0 Å². The summed E-state index contributed by atoms with van der Waals surface area (Å²) >= 11 is 0. The minimum absolute atomic E-state index is 0.335. The predicted molar refractivity (Wildman–Crippen MR) is 83.4 cm³/mol. The molecule has 1 aliphatic carbocycles. The highest BCUT2D eigenvalue weighted by molar-refractivity contribution is 4.70. The maximum Gasteiger partial charge on any atom is 0.0431 e. The van der Waals surface area contributed by atoms with E-state index >= 15 is 0 Å². The van der Waals surface area contributed by atoms with Crippen LogP contribution in [-0.4, -0.2) is 24.8 Å². The second kappa shape index (κ2) is 11.7. The molecule has 0 heterocycles. The fourth-order valence-electron chi connectivity index (χ4n) is 3.32. The molecule has 1 aliphatic rings. The zero-order valence-electron chi connectivity index (χ0n) is 13.0. The Morgan fingerprint density at radius 3 is 2.32 bits per heavy atom. The largest absolute Gasteiger partial charge is 0.396 e. The van der Waals surface area contributed by atoms with Crippen LogP contribution >= 0.6 is 0 Å². The molecule has 2 N–H and O–H groups in total. The first-order chi connectivity index (χ1) is 9.34. The summed E-state index contributed by atoms with van der Waals surface area (Å²) in [4.78, 5) is 0. The minimum Gasteiger partial charge on any atom is -0.396 e. The van der Waals surface area contributed by atoms with Gasteiger partial charge in [-0.25, -0.2) is 0 Å². The Hall–Kier alpha value is -0.0800. The van der Waals surface area contributed by atoms with Crippen LogP contribution in [0.5, 0.6) is 0 Å². The van der Waals surface area contributed by atoms with Gasteiger partial charge in [-0.2, -0.15) is 0 Å². The lowest BCUT2D eigenvalue weighted by Crippen LogP contribution is -2.18. The summed E-state index contributed by atoms with van der Waals surface area (Å²) in [7, 11) is 0. The molecule has 0 aromatic rings. The van der Waals surface area contributed by atoms with E-state index in [0.717, 1.165) is 37.8 Å². The van der Waals surface area contributed by atoms with Crippen LogP contribution in [0.3, 0.4) is 0 Å². The van der Waals surface area contributed by atoms with Crippen LogP contribution in [0, 0.1) is 11.8 Å². The third-order valence-electron chi connectivity index (χ3n) is 4.73. The first-order valence-electron chi connectivity index (χ1n) is 8.66. The van der Waals surface area contributed by atoms with Crippen molar-refractivity contribution in [1.29, 1.82) is 0 Å². The zero-order valence-corrected chi connectivity index (χ0v) is 13.0. The van der Waals surface area contributed by atoms with Gasteiger partial charge in [-0.05, 0) is 44.2 Å². The minimum atomic E-state index is 0.335. The van der Waals surface area contributed by atoms with Gasteiger partial charge in [0.15, 0.2) is 0 Å². The van der Waals surface area contributed by atoms with E-state index in [4.69, 9.17) is 5.11 Å². The molecule has 0 aromatic heterocycles. The second-order valence-electron chi connectivity index (χ2n) is 6.41. The van der Waals surface area contributed by atoms with Gasteiger partial charge in [-0.1, -0.05) is 58.3 Å². The third kappa shape index (κ3) is 8.65. The Kier molecular flexibility index (Phi) is 10.5. The van der Waals surface area contributed by atoms with Gasteiger partial charge in [0, 0.05) is 6.61 Å². The van der Waals surface area contributed by atoms with E-state index in [1.165, 1.54) is 57.8 Å². The van der Waals surface area contributed by atoms with Crippen molar-refractivity contribution in [2.45, 2.75) is 77.6 Å². The predicted octanol–water partition coefficient (Wildman–Crippen LogP) is 4.13. The standard InChI is InChI=1S/C17H35NO/c1-16-10-4-2-3-5-11-17(16)12-6-7-13-18-14-8-9-15-19/h16-19H,2-15H2,1H3. The average molecular weight is 269 g/mol. The highest BCUT2D eigenvalue weighted by atomic mass is 16.2. The van der Waals surface area contributed by atoms with Gasteiger partial charge in [-0.15, -0.1) is 0 Å². The summed E-state index contributed by atoms with van der Waals surface area (Å²) < 4.78 is 0. The van der Waals surface area contributed by atoms with Crippen LogP contribution in [0.15, 0.2) is 0 Å². The molecule has 0 radical (unpaired) electrons. The molecule has 0 bridgehead atoms. The molecular weight excluding hydrogens is 234 g/mol. The number of aliphatic hydroxyl groups excluding tert-OH is 1. The molecular formula is C17H35NO. The summed E-state index contributed by atoms with van der Waals surface area (Å²) in [6.45, 7) is 5.04. The lowest BCUT2D eigenvalue weighted by atomic mass is 9.80. The molecule has 19 heavy (non-hydrogen) atoms. The first kappa shape index (κ1) is 17.0. The van der Waals surface area contributed by atoms with Crippen LogP contribution in [0.1, 0.15) is 77.6 Å². The van der Waals surface area contributed by atoms with Crippen molar-refractivity contribution in [3.63, 3.8) is 0 Å². The summed E-state index contributed by atoms with van der Waals surface area (Å²) in [5.74, 6) is 1.95. The zero-order chi connectivity index (χ0) is 13.8. The Balaban J connectivity index is 1.97. The smallest absolute Gasteiger partial charge is 0.0431 e. The average Bonchev–Trinajstić information content (AvgIpc) is 2.40. The van der Waals surface area contributed by atoms with E-state index in [0.29, 0.717) is 6.61 Å². The maximum absolute atomic E-state index is 8.69. The maximum atomic E-state index is 8.69. The molecule has 2 heteroatoms. The summed E-state index contributed by atoms with van der Waals surface area (Å²) in [6.07, 6.45) is 15.0. The van der Waals surface area contributed by atoms with Crippen molar-refractivity contribution in [1.82, 2.24) is 5.32 Å². The molecule has 0 aliphatic heterocycles. The summed E-state index contributed by atoms with van der Waals surface area (Å²) in [6, 6.07) is 0. The van der Waals surface area contributed by atoms with E-state index < -0.39 is 0 Å². The molecule has 2 unspecified atom stereocenters. The van der Waals surface area contributed by atoms with Gasteiger partial charge >= 0.3 is 0 Å². The molecule has 2 nitrogen and oxygen atoms in total. The van der Waals surface area contributed by atoms with E-state index in [1.807, 2.05) is 0 Å². The first-order valence-corrected chi connectivity index (χ1v) is 8.66. The molecule has 1 saturated carbocycles. The van der Waals surface area contributed by atoms with E-state index in [2.05, 4.69) is 12.2 Å². The molecule has 0 saturated heterocycles. The van der Waals surface area contributed by atoms with Crippen molar-refractivity contribution < 1.29 is 5.11 Å². The van der Waals surface area contributed by atoms with E-state index in [1.54, 1.807) is 0 Å². The number of nitrogens with one attached hydrogen (secondary N) is 1. The number of aliphatic hydroxyl groups is 1. The molecule has 1 fully saturated rings. The Morgan fingerprint density at radius 1 is 0.895 bits per heavy atom. The fraction of sp³-hybridized carbons (Fsp3) is 1.00. The highest BCUT2D eigenvalue weighted by Crippen LogP contribution is 2.30. The molecule has 0 amide bonds. The summed E-state index contributed by atoms with van der Waals surface area (Å²) in [5.41, 5.74) is 0. The number of hydrogen-bond acceptors (Lipinski definition) is 2. The van der Waals surface area contributed by atoms with Gasteiger partial charge in [0.25, 0.3) is 0 Å². The SMILES string of the molecule is CC1CCCCCCC1CCCCNCCCCO. The van der Waals surface area contributed by atoms with Crippen LogP contribution in [0.2, 0.25) is 0 Å². The Labute approximate surface area is 120 Å². The van der Waals surface area contributed by atoms with Gasteiger partial charge in [0.05, 0.1) is 0 Å². The lowest BCUT2D eigenvalue weighted by Gasteiger charge is -2.26.